The molecule has 1 atom stereocenters. The van der Waals surface area contributed by atoms with E-state index >= 15 is 0 Å². The van der Waals surface area contributed by atoms with Crippen molar-refractivity contribution in [2.75, 3.05) is 45.9 Å². The van der Waals surface area contributed by atoms with Crippen LogP contribution in [0.3, 0.4) is 0 Å². The number of hydrogen-bond donors (Lipinski definition) is 2. The van der Waals surface area contributed by atoms with Gasteiger partial charge in [0.25, 0.3) is 5.91 Å². The summed E-state index contributed by atoms with van der Waals surface area (Å²) in [4.78, 5) is 32.2. The number of pyridine rings is 1. The maximum atomic E-state index is 12.3. The number of carbonyl (C=O) groups is 2. The number of ether oxygens (including phenoxy) is 1. The Morgan fingerprint density at radius 3 is 2.88 bits per heavy atom. The zero-order valence-electron chi connectivity index (χ0n) is 14.9. The quantitative estimate of drug-likeness (QED) is 0.721. The number of likely N-dealkylation sites (tertiary alicyclic amines) is 2. The van der Waals surface area contributed by atoms with Gasteiger partial charge in [-0.1, -0.05) is 0 Å². The molecule has 2 amide bonds. The molecule has 8 heteroatoms. The van der Waals surface area contributed by atoms with Gasteiger partial charge in [-0.3, -0.25) is 9.59 Å². The minimum atomic E-state index is -0.561. The van der Waals surface area contributed by atoms with E-state index in [1.165, 1.54) is 31.2 Å². The molecular formula is C18H26N4O4. The molecule has 0 aromatic carbocycles. The lowest BCUT2D eigenvalue weighted by Crippen LogP contribution is -2.39. The molecule has 2 fully saturated rings. The zero-order chi connectivity index (χ0) is 18.4. The summed E-state index contributed by atoms with van der Waals surface area (Å²) in [5, 5.41) is 12.1. The Kier molecular flexibility index (Phi) is 6.40. The van der Waals surface area contributed by atoms with Crippen LogP contribution in [0.15, 0.2) is 18.3 Å². The topological polar surface area (TPSA) is 95.0 Å². The average Bonchev–Trinajstić information content (AvgIpc) is 3.32. The van der Waals surface area contributed by atoms with Crippen molar-refractivity contribution >= 4 is 11.8 Å². The SMILES string of the molecule is O=C(NCC(=O)N1CCC(OCCN2CCCC2)C1)c1ncccc1O. The lowest BCUT2D eigenvalue weighted by Gasteiger charge is -2.19. The minimum absolute atomic E-state index is 0.0667. The van der Waals surface area contributed by atoms with Gasteiger partial charge in [-0.25, -0.2) is 4.98 Å². The van der Waals surface area contributed by atoms with Gasteiger partial charge in [-0.15, -0.1) is 0 Å². The number of rotatable bonds is 7. The van der Waals surface area contributed by atoms with Crippen LogP contribution in [0.4, 0.5) is 0 Å². The molecule has 1 aromatic heterocycles. The molecule has 8 nitrogen and oxygen atoms in total. The normalized spacial score (nSPS) is 20.5. The molecule has 3 heterocycles. The van der Waals surface area contributed by atoms with Crippen molar-refractivity contribution in [2.45, 2.75) is 25.4 Å². The van der Waals surface area contributed by atoms with Crippen molar-refractivity contribution in [3.05, 3.63) is 24.0 Å². The largest absolute Gasteiger partial charge is 0.505 e. The Labute approximate surface area is 153 Å². The highest BCUT2D eigenvalue weighted by Gasteiger charge is 2.27. The summed E-state index contributed by atoms with van der Waals surface area (Å²) in [6.45, 7) is 5.04. The Balaban J connectivity index is 1.36. The zero-order valence-corrected chi connectivity index (χ0v) is 14.9. The van der Waals surface area contributed by atoms with Crippen molar-refractivity contribution in [3.63, 3.8) is 0 Å². The van der Waals surface area contributed by atoms with Crippen LogP contribution < -0.4 is 5.32 Å². The number of nitrogens with zero attached hydrogens (tertiary/aromatic N) is 3. The summed E-state index contributed by atoms with van der Waals surface area (Å²) in [7, 11) is 0. The fourth-order valence-electron chi connectivity index (χ4n) is 3.37. The van der Waals surface area contributed by atoms with Crippen LogP contribution >= 0.6 is 0 Å². The lowest BCUT2D eigenvalue weighted by atomic mass is 10.3. The molecule has 0 bridgehead atoms. The van der Waals surface area contributed by atoms with Crippen molar-refractivity contribution in [3.8, 4) is 5.75 Å². The molecule has 0 saturated carbocycles. The van der Waals surface area contributed by atoms with Gasteiger partial charge in [0.1, 0.15) is 5.75 Å². The summed E-state index contributed by atoms with van der Waals surface area (Å²) in [6, 6.07) is 2.92. The maximum absolute atomic E-state index is 12.3. The van der Waals surface area contributed by atoms with Crippen LogP contribution in [0.2, 0.25) is 0 Å². The van der Waals surface area contributed by atoms with Crippen LogP contribution in [0.5, 0.6) is 5.75 Å². The highest BCUT2D eigenvalue weighted by molar-refractivity contribution is 5.96. The van der Waals surface area contributed by atoms with Gasteiger partial charge in [0, 0.05) is 25.8 Å². The monoisotopic (exact) mass is 362 g/mol. The predicted octanol–water partition coefficient (Wildman–Crippen LogP) is 0.230. The van der Waals surface area contributed by atoms with E-state index in [9.17, 15) is 14.7 Å². The van der Waals surface area contributed by atoms with Crippen LogP contribution in [-0.4, -0.2) is 83.7 Å². The standard InChI is InChI=1S/C18H26N4O4/c23-15-4-3-6-19-17(15)18(25)20-12-16(24)22-9-5-14(13-22)26-11-10-21-7-1-2-8-21/h3-4,6,14,23H,1-2,5,7-13H2,(H,20,25). The molecule has 2 N–H and O–H groups in total. The Hall–Kier alpha value is -2.19. The first-order valence-electron chi connectivity index (χ1n) is 9.17. The molecule has 26 heavy (non-hydrogen) atoms. The molecule has 2 saturated heterocycles. The third-order valence-corrected chi connectivity index (χ3v) is 4.86. The molecule has 2 aliphatic rings. The highest BCUT2D eigenvalue weighted by atomic mass is 16.5. The predicted molar refractivity (Wildman–Crippen MR) is 94.8 cm³/mol. The van der Waals surface area contributed by atoms with Crippen molar-refractivity contribution in [2.24, 2.45) is 0 Å². The second-order valence-corrected chi connectivity index (χ2v) is 6.72. The van der Waals surface area contributed by atoms with Gasteiger partial charge < -0.3 is 25.0 Å². The van der Waals surface area contributed by atoms with Crippen LogP contribution in [0.1, 0.15) is 29.8 Å². The Morgan fingerprint density at radius 1 is 1.31 bits per heavy atom. The number of amides is 2. The van der Waals surface area contributed by atoms with Gasteiger partial charge in [-0.05, 0) is 44.5 Å². The van der Waals surface area contributed by atoms with E-state index in [2.05, 4.69) is 15.2 Å². The van der Waals surface area contributed by atoms with E-state index in [4.69, 9.17) is 4.74 Å². The maximum Gasteiger partial charge on any atom is 0.274 e. The molecule has 1 aromatic rings. The summed E-state index contributed by atoms with van der Waals surface area (Å²) >= 11 is 0. The molecule has 2 aliphatic heterocycles. The van der Waals surface area contributed by atoms with Crippen LogP contribution in [0.25, 0.3) is 0 Å². The molecule has 0 radical (unpaired) electrons. The Morgan fingerprint density at radius 2 is 2.12 bits per heavy atom. The smallest absolute Gasteiger partial charge is 0.274 e. The third kappa shape index (κ3) is 4.92. The summed E-state index contributed by atoms with van der Waals surface area (Å²) < 4.78 is 5.89. The summed E-state index contributed by atoms with van der Waals surface area (Å²) in [5.74, 6) is -0.918. The molecule has 142 valence electrons. The summed E-state index contributed by atoms with van der Waals surface area (Å²) in [6.07, 6.45) is 4.85. The van der Waals surface area contributed by atoms with Crippen LogP contribution in [0, 0.1) is 0 Å². The molecule has 0 spiro atoms. The second-order valence-electron chi connectivity index (χ2n) is 6.72. The lowest BCUT2D eigenvalue weighted by molar-refractivity contribution is -0.129. The molecular weight excluding hydrogens is 336 g/mol. The second kappa shape index (κ2) is 8.95. The number of carbonyl (C=O) groups excluding carboxylic acids is 2. The molecule has 1 unspecified atom stereocenters. The number of hydrogen-bond acceptors (Lipinski definition) is 6. The van der Waals surface area contributed by atoms with E-state index in [0.717, 1.165) is 26.1 Å². The van der Waals surface area contributed by atoms with Gasteiger partial charge in [0.05, 0.1) is 19.3 Å². The number of nitrogens with one attached hydrogen (secondary N) is 1. The first-order valence-corrected chi connectivity index (χ1v) is 9.17. The van der Waals surface area contributed by atoms with Crippen LogP contribution in [-0.2, 0) is 9.53 Å². The van der Waals surface area contributed by atoms with Crippen molar-refractivity contribution in [1.29, 1.82) is 0 Å². The van der Waals surface area contributed by atoms with Crippen molar-refractivity contribution < 1.29 is 19.4 Å². The third-order valence-electron chi connectivity index (χ3n) is 4.86. The minimum Gasteiger partial charge on any atom is -0.505 e. The van der Waals surface area contributed by atoms with Gasteiger partial charge >= 0.3 is 0 Å². The fraction of sp³-hybridized carbons (Fsp3) is 0.611. The van der Waals surface area contributed by atoms with Gasteiger partial charge in [-0.2, -0.15) is 0 Å². The van der Waals surface area contributed by atoms with Crippen molar-refractivity contribution in [1.82, 2.24) is 20.1 Å². The van der Waals surface area contributed by atoms with E-state index in [0.29, 0.717) is 19.7 Å². The molecule has 3 rings (SSSR count). The number of aromatic hydroxyl groups is 1. The Bertz CT molecular complexity index is 633. The van der Waals surface area contributed by atoms with E-state index in [1.807, 2.05) is 0 Å². The molecule has 0 aliphatic carbocycles. The van der Waals surface area contributed by atoms with E-state index in [-0.39, 0.29) is 30.0 Å². The van der Waals surface area contributed by atoms with E-state index in [1.54, 1.807) is 4.90 Å². The summed E-state index contributed by atoms with van der Waals surface area (Å²) in [5.41, 5.74) is -0.0788. The first-order chi connectivity index (χ1) is 12.6. The van der Waals surface area contributed by atoms with E-state index < -0.39 is 5.91 Å². The van der Waals surface area contributed by atoms with Gasteiger partial charge in [0.2, 0.25) is 5.91 Å². The first kappa shape index (κ1) is 18.6. The fourth-order valence-corrected chi connectivity index (χ4v) is 3.37. The van der Waals surface area contributed by atoms with Gasteiger partial charge in [0.15, 0.2) is 5.69 Å². The average molecular weight is 362 g/mol. The highest BCUT2D eigenvalue weighted by Crippen LogP contribution is 2.14. The number of aromatic nitrogens is 1.